The second-order valence-electron chi connectivity index (χ2n) is 7.57. The summed E-state index contributed by atoms with van der Waals surface area (Å²) in [5.74, 6) is -0.734. The average molecular weight is 479 g/mol. The minimum absolute atomic E-state index is 0.0580. The van der Waals surface area contributed by atoms with Gasteiger partial charge in [-0.25, -0.2) is 9.97 Å². The van der Waals surface area contributed by atoms with Gasteiger partial charge in [0.25, 0.3) is 5.91 Å². The van der Waals surface area contributed by atoms with Gasteiger partial charge in [-0.15, -0.1) is 0 Å². The summed E-state index contributed by atoms with van der Waals surface area (Å²) in [6.07, 6.45) is 1.23. The molecule has 4 rings (SSSR count). The highest BCUT2D eigenvalue weighted by molar-refractivity contribution is 6.08. The molecule has 0 aliphatic carbocycles. The third-order valence-electron chi connectivity index (χ3n) is 5.34. The second kappa shape index (κ2) is 8.93. The van der Waals surface area contributed by atoms with Crippen LogP contribution in [0.4, 0.5) is 18.9 Å². The molecule has 2 aromatic heterocycles. The summed E-state index contributed by atoms with van der Waals surface area (Å²) in [6.45, 7) is 0. The number of para-hydroxylation sites is 1. The number of aromatic nitrogens is 3. The number of primary amides is 1. The fourth-order valence-electron chi connectivity index (χ4n) is 3.72. The van der Waals surface area contributed by atoms with Crippen molar-refractivity contribution in [2.75, 3.05) is 12.8 Å². The normalized spacial score (nSPS) is 12.5. The maximum atomic E-state index is 13.8. The van der Waals surface area contributed by atoms with Crippen LogP contribution in [0.5, 0.6) is 0 Å². The van der Waals surface area contributed by atoms with Gasteiger partial charge in [-0.3, -0.25) is 9.79 Å². The zero-order chi connectivity index (χ0) is 25.3. The van der Waals surface area contributed by atoms with Crippen molar-refractivity contribution in [3.8, 4) is 16.8 Å². The van der Waals surface area contributed by atoms with E-state index in [9.17, 15) is 18.0 Å². The van der Waals surface area contributed by atoms with E-state index in [2.05, 4.69) is 15.0 Å². The molecule has 2 heterocycles. The van der Waals surface area contributed by atoms with Crippen molar-refractivity contribution in [2.45, 2.75) is 6.18 Å². The Labute approximate surface area is 197 Å². The molecule has 0 fully saturated rings. The van der Waals surface area contributed by atoms with Crippen LogP contribution < -0.4 is 17.2 Å². The number of rotatable bonds is 5. The Bertz CT molecular complexity index is 1500. The van der Waals surface area contributed by atoms with Gasteiger partial charge in [0.15, 0.2) is 0 Å². The molecule has 0 bridgehead atoms. The summed E-state index contributed by atoms with van der Waals surface area (Å²) >= 11 is 0. The van der Waals surface area contributed by atoms with Crippen LogP contribution in [0.25, 0.3) is 33.3 Å². The second-order valence-corrected chi connectivity index (χ2v) is 7.57. The lowest BCUT2D eigenvalue weighted by Crippen LogP contribution is -2.13. The highest BCUT2D eigenvalue weighted by Crippen LogP contribution is 2.37. The quantitative estimate of drug-likeness (QED) is 0.295. The van der Waals surface area contributed by atoms with Crippen LogP contribution in [0.3, 0.4) is 0 Å². The highest BCUT2D eigenvalue weighted by Gasteiger charge is 2.34. The lowest BCUT2D eigenvalue weighted by molar-refractivity contribution is -0.140. The Morgan fingerprint density at radius 2 is 1.94 bits per heavy atom. The van der Waals surface area contributed by atoms with Crippen LogP contribution >= 0.6 is 0 Å². The number of nitrogens with two attached hydrogens (primary N) is 3. The van der Waals surface area contributed by atoms with Gasteiger partial charge < -0.3 is 21.8 Å². The van der Waals surface area contributed by atoms with E-state index in [-0.39, 0.29) is 22.3 Å². The monoisotopic (exact) mass is 479 g/mol. The van der Waals surface area contributed by atoms with Crippen LogP contribution in [-0.2, 0) is 6.18 Å². The van der Waals surface area contributed by atoms with Gasteiger partial charge in [-0.1, -0.05) is 18.2 Å². The third-order valence-corrected chi connectivity index (χ3v) is 5.34. The molecule has 0 saturated carbocycles. The predicted octanol–water partition coefficient (Wildman–Crippen LogP) is 3.79. The number of pyridine rings is 1. The van der Waals surface area contributed by atoms with Crippen LogP contribution in [0.2, 0.25) is 0 Å². The van der Waals surface area contributed by atoms with Gasteiger partial charge in [0.05, 0.1) is 28.8 Å². The smallest absolute Gasteiger partial charge is 0.404 e. The predicted molar refractivity (Wildman–Crippen MR) is 129 cm³/mol. The van der Waals surface area contributed by atoms with Crippen LogP contribution in [0.1, 0.15) is 21.7 Å². The fraction of sp³-hybridized carbons (Fsp3) is 0.0833. The van der Waals surface area contributed by atoms with E-state index < -0.39 is 17.8 Å². The SMILES string of the molecule is CN=CC(=CN)c1cn(-c2cccc3c(-c4ccc(C(N)=O)c(N)c4)cc(C(F)(F)F)nc23)cn1. The fourth-order valence-corrected chi connectivity index (χ4v) is 3.72. The molecule has 178 valence electrons. The molecule has 0 unspecified atom stereocenters. The van der Waals surface area contributed by atoms with Gasteiger partial charge in [-0.2, -0.15) is 13.2 Å². The van der Waals surface area contributed by atoms with Crippen molar-refractivity contribution in [2.24, 2.45) is 16.5 Å². The number of carbonyl (C=O) groups is 1. The van der Waals surface area contributed by atoms with Crippen LogP contribution in [0, 0.1) is 0 Å². The average Bonchev–Trinajstić information content (AvgIpc) is 3.30. The Kier molecular flexibility index (Phi) is 6.00. The standard InChI is InChI=1S/C24H20F3N7O/c1-31-10-14(9-28)19-11-34(12-32-19)20-4-2-3-15-17(8-21(24(25,26)27)33-22(15)20)13-5-6-16(23(30)35)18(29)7-13/h2-12H,28-29H2,1H3,(H2,30,35). The number of hydrogen-bond donors (Lipinski definition) is 3. The zero-order valence-corrected chi connectivity index (χ0v) is 18.4. The van der Waals surface area contributed by atoms with E-state index in [0.717, 1.165) is 6.07 Å². The molecular weight excluding hydrogens is 459 g/mol. The topological polar surface area (TPSA) is 138 Å². The molecule has 0 aliphatic heterocycles. The molecule has 11 heteroatoms. The van der Waals surface area contributed by atoms with Crippen LogP contribution in [-0.4, -0.2) is 33.7 Å². The molecule has 4 aromatic rings. The lowest BCUT2D eigenvalue weighted by atomic mass is 9.97. The number of aliphatic imine (C=N–C) groups is 1. The first kappa shape index (κ1) is 23.5. The summed E-state index contributed by atoms with van der Waals surface area (Å²) in [5, 5.41) is 0.446. The van der Waals surface area contributed by atoms with Crippen LogP contribution in [0.15, 0.2) is 66.2 Å². The van der Waals surface area contributed by atoms with E-state index in [1.165, 1.54) is 36.9 Å². The number of imidazole rings is 1. The van der Waals surface area contributed by atoms with Crippen molar-refractivity contribution in [1.29, 1.82) is 0 Å². The number of fused-ring (bicyclic) bond motifs is 1. The van der Waals surface area contributed by atoms with Gasteiger partial charge >= 0.3 is 6.18 Å². The largest absolute Gasteiger partial charge is 0.433 e. The first-order valence-corrected chi connectivity index (χ1v) is 10.2. The molecular formula is C24H20F3N7O. The molecule has 6 N–H and O–H groups in total. The summed E-state index contributed by atoms with van der Waals surface area (Å²) in [4.78, 5) is 23.7. The van der Waals surface area contributed by atoms with E-state index in [0.29, 0.717) is 27.9 Å². The van der Waals surface area contributed by atoms with Crippen molar-refractivity contribution in [3.05, 3.63) is 78.1 Å². The zero-order valence-electron chi connectivity index (χ0n) is 18.4. The van der Waals surface area contributed by atoms with Crippen molar-refractivity contribution >= 4 is 34.3 Å². The van der Waals surface area contributed by atoms with E-state index >= 15 is 0 Å². The summed E-state index contributed by atoms with van der Waals surface area (Å²) < 4.78 is 43.1. The number of allylic oxidation sites excluding steroid dienone is 1. The molecule has 0 atom stereocenters. The van der Waals surface area contributed by atoms with Crippen molar-refractivity contribution in [1.82, 2.24) is 14.5 Å². The maximum absolute atomic E-state index is 13.8. The Morgan fingerprint density at radius 3 is 2.57 bits per heavy atom. The maximum Gasteiger partial charge on any atom is 0.433 e. The summed E-state index contributed by atoms with van der Waals surface area (Å²) in [7, 11) is 1.58. The highest BCUT2D eigenvalue weighted by atomic mass is 19.4. The number of alkyl halides is 3. The van der Waals surface area contributed by atoms with Gasteiger partial charge in [-0.05, 0) is 35.4 Å². The minimum atomic E-state index is -4.71. The van der Waals surface area contributed by atoms with E-state index in [1.807, 2.05) is 0 Å². The van der Waals surface area contributed by atoms with E-state index in [4.69, 9.17) is 17.2 Å². The molecule has 0 spiro atoms. The molecule has 1 amide bonds. The lowest BCUT2D eigenvalue weighted by Gasteiger charge is -2.15. The minimum Gasteiger partial charge on any atom is -0.404 e. The number of anilines is 1. The summed E-state index contributed by atoms with van der Waals surface area (Å²) in [5.41, 5.74) is 18.1. The van der Waals surface area contributed by atoms with Gasteiger partial charge in [0.2, 0.25) is 0 Å². The van der Waals surface area contributed by atoms with Gasteiger partial charge in [0.1, 0.15) is 5.69 Å². The molecule has 0 saturated heterocycles. The van der Waals surface area contributed by atoms with Crippen molar-refractivity contribution in [3.63, 3.8) is 0 Å². The molecule has 2 aromatic carbocycles. The number of carbonyl (C=O) groups excluding carboxylic acids is 1. The van der Waals surface area contributed by atoms with E-state index in [1.54, 1.807) is 36.0 Å². The number of nitrogen functional groups attached to an aromatic ring is 1. The number of hydrogen-bond acceptors (Lipinski definition) is 6. The van der Waals surface area contributed by atoms with Gasteiger partial charge in [0, 0.05) is 42.3 Å². The van der Waals surface area contributed by atoms with Crippen molar-refractivity contribution < 1.29 is 18.0 Å². The molecule has 0 radical (unpaired) electrons. The number of nitrogens with zero attached hydrogens (tertiary/aromatic N) is 4. The Balaban J connectivity index is 1.98. The molecule has 0 aliphatic rings. The Hall–Kier alpha value is -4.67. The summed E-state index contributed by atoms with van der Waals surface area (Å²) in [6, 6.07) is 10.2. The first-order valence-electron chi connectivity index (χ1n) is 10.2. The molecule has 35 heavy (non-hydrogen) atoms. The Morgan fingerprint density at radius 1 is 1.17 bits per heavy atom. The first-order chi connectivity index (χ1) is 16.6. The third kappa shape index (κ3) is 4.43. The molecule has 8 nitrogen and oxygen atoms in total. The number of amides is 1. The number of benzene rings is 2. The number of halogens is 3.